The number of methoxy groups -OCH3 is 1. The summed E-state index contributed by atoms with van der Waals surface area (Å²) in [5.74, 6) is -0.174. The van der Waals surface area contributed by atoms with Crippen LogP contribution in [0.3, 0.4) is 0 Å². The quantitative estimate of drug-likeness (QED) is 0.248. The predicted molar refractivity (Wildman–Crippen MR) is 156 cm³/mol. The van der Waals surface area contributed by atoms with Crippen LogP contribution < -0.4 is 20.3 Å². The molecule has 10 heteroatoms. The summed E-state index contributed by atoms with van der Waals surface area (Å²) < 4.78 is 5.68. The zero-order valence-corrected chi connectivity index (χ0v) is 23.7. The number of halogens is 1. The van der Waals surface area contributed by atoms with Gasteiger partial charge in [-0.15, -0.1) is 0 Å². The van der Waals surface area contributed by atoms with Gasteiger partial charge < -0.3 is 25.2 Å². The fourth-order valence-corrected chi connectivity index (χ4v) is 4.71. The largest absolute Gasteiger partial charge is 0.494 e. The van der Waals surface area contributed by atoms with E-state index in [1.807, 2.05) is 12.1 Å². The Balaban J connectivity index is 1.53. The molecule has 4 rings (SSSR count). The van der Waals surface area contributed by atoms with Crippen molar-refractivity contribution in [2.24, 2.45) is 5.92 Å². The molecule has 0 spiro atoms. The summed E-state index contributed by atoms with van der Waals surface area (Å²) in [5, 5.41) is 6.57. The van der Waals surface area contributed by atoms with Gasteiger partial charge in [-0.25, -0.2) is 4.98 Å². The van der Waals surface area contributed by atoms with Crippen molar-refractivity contribution in [3.63, 3.8) is 0 Å². The monoisotopic (exact) mass is 550 g/mol. The smallest absolute Gasteiger partial charge is 0.230 e. The van der Waals surface area contributed by atoms with Crippen LogP contribution in [0.2, 0.25) is 5.02 Å². The number of carbonyl (C=O) groups excluding carboxylic acids is 2. The van der Waals surface area contributed by atoms with E-state index in [9.17, 15) is 9.59 Å². The minimum absolute atomic E-state index is 0.257. The molecule has 2 heterocycles. The summed E-state index contributed by atoms with van der Waals surface area (Å²) in [4.78, 5) is 38.6. The highest BCUT2D eigenvalue weighted by Crippen LogP contribution is 2.34. The van der Waals surface area contributed by atoms with Crippen LogP contribution in [0, 0.1) is 5.92 Å². The van der Waals surface area contributed by atoms with Gasteiger partial charge in [0.2, 0.25) is 17.5 Å². The molecule has 9 nitrogen and oxygen atoms in total. The van der Waals surface area contributed by atoms with E-state index in [0.29, 0.717) is 34.9 Å². The highest BCUT2D eigenvalue weighted by atomic mass is 35.5. The van der Waals surface area contributed by atoms with Gasteiger partial charge in [0.05, 0.1) is 24.7 Å². The number of ketones is 2. The Hall–Kier alpha value is -3.69. The van der Waals surface area contributed by atoms with Crippen LogP contribution in [-0.2, 0) is 4.79 Å². The average molecular weight is 551 g/mol. The van der Waals surface area contributed by atoms with Crippen LogP contribution in [-0.4, -0.2) is 66.8 Å². The molecule has 1 saturated heterocycles. The van der Waals surface area contributed by atoms with Gasteiger partial charge in [0.25, 0.3) is 0 Å². The van der Waals surface area contributed by atoms with Crippen molar-refractivity contribution < 1.29 is 14.3 Å². The number of Topliss-reactive ketones (excluding diaryl/α,β-unsaturated/α-hetero) is 2. The molecule has 39 heavy (non-hydrogen) atoms. The summed E-state index contributed by atoms with van der Waals surface area (Å²) in [5.41, 5.74) is 2.50. The first kappa shape index (κ1) is 28.3. The zero-order valence-electron chi connectivity index (χ0n) is 23.0. The summed E-state index contributed by atoms with van der Waals surface area (Å²) in [6.45, 7) is 5.37. The van der Waals surface area contributed by atoms with Crippen molar-refractivity contribution in [3.05, 3.63) is 59.2 Å². The van der Waals surface area contributed by atoms with E-state index in [4.69, 9.17) is 16.3 Å². The molecule has 1 aliphatic rings. The summed E-state index contributed by atoms with van der Waals surface area (Å²) in [7, 11) is 5.90. The number of carbonyl (C=O) groups is 2. The van der Waals surface area contributed by atoms with E-state index in [-0.39, 0.29) is 10.6 Å². The minimum Gasteiger partial charge on any atom is -0.494 e. The molecule has 1 aliphatic heterocycles. The molecule has 0 atom stereocenters. The number of anilines is 5. The predicted octanol–water partition coefficient (Wildman–Crippen LogP) is 5.56. The van der Waals surface area contributed by atoms with E-state index in [1.54, 1.807) is 45.2 Å². The molecule has 0 unspecified atom stereocenters. The van der Waals surface area contributed by atoms with Gasteiger partial charge in [-0.3, -0.25) is 9.59 Å². The highest BCUT2D eigenvalue weighted by Gasteiger charge is 2.23. The maximum atomic E-state index is 12.8. The standard InChI is InChI=1S/C29H35ClN6O3/c1-18(2)26(37)27(38)21-8-6-7-9-23(21)32-28-22(30)17-31-29(34-28)33-24-11-10-20(16-25(24)39-5)36-14-12-19(13-15-36)35(3)4/h6-11,16-19H,12-15H2,1-5H3,(H2,31,32,33,34). The molecule has 0 saturated carbocycles. The number of benzene rings is 2. The molecule has 0 bridgehead atoms. The van der Waals surface area contributed by atoms with Crippen molar-refractivity contribution in [2.75, 3.05) is 49.8 Å². The Labute approximate surface area is 234 Å². The number of ether oxygens (including phenoxy) is 1. The number of nitrogens with zero attached hydrogens (tertiary/aromatic N) is 4. The van der Waals surface area contributed by atoms with Crippen LogP contribution in [0.15, 0.2) is 48.7 Å². The lowest BCUT2D eigenvalue weighted by atomic mass is 9.98. The van der Waals surface area contributed by atoms with Crippen molar-refractivity contribution >= 4 is 52.0 Å². The van der Waals surface area contributed by atoms with Gasteiger partial charge in [0.15, 0.2) is 5.82 Å². The van der Waals surface area contributed by atoms with Gasteiger partial charge in [0.1, 0.15) is 10.8 Å². The Morgan fingerprint density at radius 2 is 1.79 bits per heavy atom. The van der Waals surface area contributed by atoms with Gasteiger partial charge in [-0.1, -0.05) is 37.6 Å². The van der Waals surface area contributed by atoms with E-state index in [0.717, 1.165) is 31.6 Å². The second-order valence-electron chi connectivity index (χ2n) is 10.1. The Bertz CT molecular complexity index is 1340. The number of piperidine rings is 1. The summed E-state index contributed by atoms with van der Waals surface area (Å²) in [6, 6.07) is 13.4. The fourth-order valence-electron chi connectivity index (χ4n) is 4.57. The van der Waals surface area contributed by atoms with Crippen LogP contribution in [0.4, 0.5) is 28.8 Å². The molecule has 1 aromatic heterocycles. The van der Waals surface area contributed by atoms with Gasteiger partial charge in [-0.05, 0) is 51.2 Å². The van der Waals surface area contributed by atoms with Gasteiger partial charge in [-0.2, -0.15) is 4.98 Å². The zero-order chi connectivity index (χ0) is 28.1. The molecule has 0 radical (unpaired) electrons. The maximum absolute atomic E-state index is 12.8. The van der Waals surface area contributed by atoms with E-state index < -0.39 is 17.5 Å². The number of nitrogens with one attached hydrogen (secondary N) is 2. The van der Waals surface area contributed by atoms with Crippen molar-refractivity contribution in [2.45, 2.75) is 32.7 Å². The Morgan fingerprint density at radius 1 is 1.08 bits per heavy atom. The van der Waals surface area contributed by atoms with Gasteiger partial charge in [0, 0.05) is 42.4 Å². The Morgan fingerprint density at radius 3 is 2.46 bits per heavy atom. The third kappa shape index (κ3) is 6.66. The lowest BCUT2D eigenvalue weighted by Gasteiger charge is -2.36. The SMILES string of the molecule is COc1cc(N2CCC(N(C)C)CC2)ccc1Nc1ncc(Cl)c(Nc2ccccc2C(=O)C(=O)C(C)C)n1. The first-order chi connectivity index (χ1) is 18.7. The molecule has 2 aromatic carbocycles. The summed E-state index contributed by atoms with van der Waals surface area (Å²) >= 11 is 6.39. The lowest BCUT2D eigenvalue weighted by molar-refractivity contribution is -0.117. The van der Waals surface area contributed by atoms with Crippen molar-refractivity contribution in [3.8, 4) is 5.75 Å². The third-order valence-corrected chi connectivity index (χ3v) is 7.19. The van der Waals surface area contributed by atoms with Crippen LogP contribution in [0.25, 0.3) is 0 Å². The van der Waals surface area contributed by atoms with E-state index in [2.05, 4.69) is 50.6 Å². The maximum Gasteiger partial charge on any atom is 0.230 e. The molecule has 0 aliphatic carbocycles. The first-order valence-electron chi connectivity index (χ1n) is 13.0. The number of hydrogen-bond donors (Lipinski definition) is 2. The highest BCUT2D eigenvalue weighted by molar-refractivity contribution is 6.45. The van der Waals surface area contributed by atoms with E-state index in [1.165, 1.54) is 6.20 Å². The number of para-hydroxylation sites is 1. The first-order valence-corrected chi connectivity index (χ1v) is 13.4. The third-order valence-electron chi connectivity index (χ3n) is 6.91. The topological polar surface area (TPSA) is 99.7 Å². The van der Waals surface area contributed by atoms with Crippen molar-refractivity contribution in [1.82, 2.24) is 14.9 Å². The lowest BCUT2D eigenvalue weighted by Crippen LogP contribution is -2.41. The van der Waals surface area contributed by atoms with E-state index >= 15 is 0 Å². The molecule has 2 N–H and O–H groups in total. The average Bonchev–Trinajstić information content (AvgIpc) is 2.94. The normalized spacial score (nSPS) is 14.0. The molecule has 206 valence electrons. The number of aromatic nitrogens is 2. The number of rotatable bonds is 10. The number of hydrogen-bond acceptors (Lipinski definition) is 9. The second kappa shape index (κ2) is 12.4. The van der Waals surface area contributed by atoms with Crippen molar-refractivity contribution in [1.29, 1.82) is 0 Å². The molecular formula is C29H35ClN6O3. The van der Waals surface area contributed by atoms with Crippen LogP contribution in [0.1, 0.15) is 37.0 Å². The van der Waals surface area contributed by atoms with Crippen LogP contribution in [0.5, 0.6) is 5.75 Å². The molecular weight excluding hydrogens is 516 g/mol. The van der Waals surface area contributed by atoms with Crippen LogP contribution >= 0.6 is 11.6 Å². The van der Waals surface area contributed by atoms with Gasteiger partial charge >= 0.3 is 0 Å². The minimum atomic E-state index is -0.563. The molecule has 1 fully saturated rings. The Kier molecular flexibility index (Phi) is 9.04. The fraction of sp³-hybridized carbons (Fsp3) is 0.379. The summed E-state index contributed by atoms with van der Waals surface area (Å²) in [6.07, 6.45) is 3.70. The molecule has 0 amide bonds. The molecule has 3 aromatic rings. The second-order valence-corrected chi connectivity index (χ2v) is 10.5.